The molecule has 0 nitrogen and oxygen atoms in total. The maximum Gasteiger partial charge on any atom is 0.0818 e. The maximum absolute atomic E-state index is 11.8. The summed E-state index contributed by atoms with van der Waals surface area (Å²) in [4.78, 5) is 0.815. The van der Waals surface area contributed by atoms with Crippen LogP contribution in [0.1, 0.15) is 0 Å². The average molecular weight is 177 g/mol. The lowest BCUT2D eigenvalue weighted by atomic mass is 10.4. The standard InChI is InChI=1S/C6H3F2S2/c7-9-5-1-2-6(10-8)4-3-5/h1-3H. The van der Waals surface area contributed by atoms with E-state index in [1.807, 2.05) is 0 Å². The molecular formula is C6H3F2S2. The van der Waals surface area contributed by atoms with Crippen LogP contribution in [0.15, 0.2) is 28.0 Å². The molecular weight excluding hydrogens is 174 g/mol. The molecule has 1 aromatic rings. The molecule has 1 rings (SSSR count). The quantitative estimate of drug-likeness (QED) is 0.678. The molecule has 0 unspecified atom stereocenters. The van der Waals surface area contributed by atoms with Gasteiger partial charge in [0.15, 0.2) is 0 Å². The number of hydrogen-bond acceptors (Lipinski definition) is 2. The normalized spacial score (nSPS) is 9.80. The molecule has 0 spiro atoms. The molecule has 1 radical (unpaired) electrons. The van der Waals surface area contributed by atoms with Crippen molar-refractivity contribution in [3.8, 4) is 0 Å². The molecule has 4 heteroatoms. The fraction of sp³-hybridized carbons (Fsp3) is 0. The first-order chi connectivity index (χ1) is 4.86. The van der Waals surface area contributed by atoms with Crippen LogP contribution in [0.2, 0.25) is 0 Å². The van der Waals surface area contributed by atoms with E-state index in [1.165, 1.54) is 18.2 Å². The fourth-order valence-electron chi connectivity index (χ4n) is 0.492. The van der Waals surface area contributed by atoms with Crippen molar-refractivity contribution >= 4 is 24.3 Å². The summed E-state index contributed by atoms with van der Waals surface area (Å²) >= 11 is 0.226. The Kier molecular flexibility index (Phi) is 3.02. The third-order valence-electron chi connectivity index (χ3n) is 0.928. The highest BCUT2D eigenvalue weighted by atomic mass is 32.2. The zero-order valence-corrected chi connectivity index (χ0v) is 6.44. The summed E-state index contributed by atoms with van der Waals surface area (Å²) in [5, 5.41) is 0. The lowest BCUT2D eigenvalue weighted by molar-refractivity contribution is 0.927. The summed E-state index contributed by atoms with van der Waals surface area (Å²) < 4.78 is 23.5. The minimum Gasteiger partial charge on any atom is -0.160 e. The predicted molar refractivity (Wildman–Crippen MR) is 39.2 cm³/mol. The van der Waals surface area contributed by atoms with Gasteiger partial charge in [0, 0.05) is 15.9 Å². The van der Waals surface area contributed by atoms with Crippen LogP contribution in [-0.4, -0.2) is 0 Å². The van der Waals surface area contributed by atoms with Crippen LogP contribution in [0.4, 0.5) is 7.77 Å². The van der Waals surface area contributed by atoms with E-state index in [1.54, 1.807) is 0 Å². The molecule has 0 heterocycles. The second-order valence-electron chi connectivity index (χ2n) is 1.54. The van der Waals surface area contributed by atoms with Gasteiger partial charge in [0.05, 0.1) is 24.3 Å². The minimum atomic E-state index is 0.101. The molecule has 0 atom stereocenters. The number of rotatable bonds is 2. The molecule has 10 heavy (non-hydrogen) atoms. The first-order valence-corrected chi connectivity index (χ1v) is 3.89. The maximum atomic E-state index is 11.8. The van der Waals surface area contributed by atoms with Gasteiger partial charge >= 0.3 is 0 Å². The molecule has 0 aliphatic carbocycles. The second-order valence-corrected chi connectivity index (χ2v) is 2.76. The van der Waals surface area contributed by atoms with Crippen molar-refractivity contribution in [3.05, 3.63) is 24.3 Å². The summed E-state index contributed by atoms with van der Waals surface area (Å²) in [5.74, 6) is 0. The summed E-state index contributed by atoms with van der Waals surface area (Å²) in [6, 6.07) is 6.96. The molecule has 0 aromatic heterocycles. The van der Waals surface area contributed by atoms with Gasteiger partial charge in [0.25, 0.3) is 0 Å². The Balaban J connectivity index is 2.80. The van der Waals surface area contributed by atoms with Gasteiger partial charge in [0.1, 0.15) is 0 Å². The molecule has 0 aliphatic rings. The zero-order valence-electron chi connectivity index (χ0n) is 4.80. The molecule has 0 bridgehead atoms. The Hall–Kier alpha value is -0.220. The summed E-state index contributed by atoms with van der Waals surface area (Å²) in [5.41, 5.74) is 0. The van der Waals surface area contributed by atoms with Crippen LogP contribution in [-0.2, 0) is 0 Å². The van der Waals surface area contributed by atoms with Gasteiger partial charge in [-0.15, -0.1) is 0 Å². The van der Waals surface area contributed by atoms with Crippen LogP contribution >= 0.6 is 24.3 Å². The number of halogens is 2. The van der Waals surface area contributed by atoms with Crippen molar-refractivity contribution in [2.24, 2.45) is 0 Å². The van der Waals surface area contributed by atoms with Gasteiger partial charge < -0.3 is 0 Å². The largest absolute Gasteiger partial charge is 0.160 e. The molecule has 0 aliphatic heterocycles. The summed E-state index contributed by atoms with van der Waals surface area (Å²) in [7, 11) is 0. The smallest absolute Gasteiger partial charge is 0.0818 e. The Morgan fingerprint density at radius 3 is 2.40 bits per heavy atom. The first kappa shape index (κ1) is 7.88. The Bertz CT molecular complexity index is 174. The minimum absolute atomic E-state index is 0.101. The van der Waals surface area contributed by atoms with Crippen molar-refractivity contribution in [1.82, 2.24) is 0 Å². The van der Waals surface area contributed by atoms with E-state index < -0.39 is 0 Å². The van der Waals surface area contributed by atoms with Crippen molar-refractivity contribution in [3.63, 3.8) is 0 Å². The highest BCUT2D eigenvalue weighted by Gasteiger charge is 1.94. The molecule has 0 saturated heterocycles. The van der Waals surface area contributed by atoms with E-state index in [-0.39, 0.29) is 24.3 Å². The van der Waals surface area contributed by atoms with Gasteiger partial charge in [-0.3, -0.25) is 0 Å². The van der Waals surface area contributed by atoms with Crippen molar-refractivity contribution < 1.29 is 7.77 Å². The van der Waals surface area contributed by atoms with Crippen LogP contribution < -0.4 is 0 Å². The third-order valence-corrected chi connectivity index (χ3v) is 1.78. The van der Waals surface area contributed by atoms with E-state index in [0.29, 0.717) is 9.79 Å². The van der Waals surface area contributed by atoms with Crippen LogP contribution in [0.3, 0.4) is 0 Å². The summed E-state index contributed by atoms with van der Waals surface area (Å²) in [6.07, 6.45) is 0. The number of hydrogen-bond donors (Lipinski definition) is 0. The van der Waals surface area contributed by atoms with E-state index >= 15 is 0 Å². The van der Waals surface area contributed by atoms with Crippen molar-refractivity contribution in [1.29, 1.82) is 0 Å². The molecule has 0 fully saturated rings. The van der Waals surface area contributed by atoms with Gasteiger partial charge in [0.2, 0.25) is 0 Å². The highest BCUT2D eigenvalue weighted by molar-refractivity contribution is 7.94. The lowest BCUT2D eigenvalue weighted by Gasteiger charge is -1.91. The van der Waals surface area contributed by atoms with E-state index in [2.05, 4.69) is 6.07 Å². The zero-order chi connectivity index (χ0) is 7.40. The van der Waals surface area contributed by atoms with E-state index in [4.69, 9.17) is 0 Å². The Morgan fingerprint density at radius 2 is 2.00 bits per heavy atom. The predicted octanol–water partition coefficient (Wildman–Crippen LogP) is 3.44. The van der Waals surface area contributed by atoms with E-state index in [0.717, 1.165) is 0 Å². The Labute approximate surface area is 66.6 Å². The van der Waals surface area contributed by atoms with Gasteiger partial charge in [-0.25, -0.2) is 0 Å². The first-order valence-electron chi connectivity index (χ1n) is 2.45. The van der Waals surface area contributed by atoms with Gasteiger partial charge in [-0.05, 0) is 18.2 Å². The molecule has 1 aromatic carbocycles. The third kappa shape index (κ3) is 1.88. The monoisotopic (exact) mass is 177 g/mol. The SMILES string of the molecule is FSc1[c]cc(SF)cc1. The van der Waals surface area contributed by atoms with E-state index in [9.17, 15) is 7.77 Å². The molecule has 0 N–H and O–H groups in total. The lowest BCUT2D eigenvalue weighted by Crippen LogP contribution is -1.68. The Morgan fingerprint density at radius 1 is 1.20 bits per heavy atom. The van der Waals surface area contributed by atoms with Gasteiger partial charge in [-0.2, -0.15) is 7.77 Å². The summed E-state index contributed by atoms with van der Waals surface area (Å²) in [6.45, 7) is 0. The topological polar surface area (TPSA) is 0 Å². The van der Waals surface area contributed by atoms with Crippen molar-refractivity contribution in [2.75, 3.05) is 0 Å². The van der Waals surface area contributed by atoms with Crippen LogP contribution in [0.5, 0.6) is 0 Å². The van der Waals surface area contributed by atoms with Crippen LogP contribution in [0.25, 0.3) is 0 Å². The fourth-order valence-corrected chi connectivity index (χ4v) is 0.938. The second kappa shape index (κ2) is 3.83. The molecule has 53 valence electrons. The van der Waals surface area contributed by atoms with Gasteiger partial charge in [-0.1, -0.05) is 0 Å². The highest BCUT2D eigenvalue weighted by Crippen LogP contribution is 2.23. The van der Waals surface area contributed by atoms with Crippen LogP contribution in [0, 0.1) is 6.07 Å². The van der Waals surface area contributed by atoms with Crippen molar-refractivity contribution in [2.45, 2.75) is 9.79 Å². The number of benzene rings is 1. The molecule has 0 amide bonds. The average Bonchev–Trinajstić information content (AvgIpc) is 2.05. The molecule has 0 saturated carbocycles.